The summed E-state index contributed by atoms with van der Waals surface area (Å²) in [4.78, 5) is 11.3. The van der Waals surface area contributed by atoms with Crippen molar-refractivity contribution in [3.05, 3.63) is 65.5 Å². The number of hydrogen-bond donors (Lipinski definition) is 1. The Morgan fingerprint density at radius 2 is 1.89 bits per heavy atom. The Balaban J connectivity index is 1.99. The summed E-state index contributed by atoms with van der Waals surface area (Å²) < 4.78 is 13.6. The first-order chi connectivity index (χ1) is 9.16. The van der Waals surface area contributed by atoms with Crippen LogP contribution in [0.3, 0.4) is 0 Å². The topological polar surface area (TPSA) is 29.1 Å². The van der Waals surface area contributed by atoms with Crippen molar-refractivity contribution < 1.29 is 9.18 Å². The highest BCUT2D eigenvalue weighted by Crippen LogP contribution is 2.16. The molecule has 0 aliphatic rings. The summed E-state index contributed by atoms with van der Waals surface area (Å²) in [7, 11) is 0. The predicted molar refractivity (Wildman–Crippen MR) is 75.0 cm³/mol. The number of hydrogen-bond acceptors (Lipinski definition) is 2. The van der Waals surface area contributed by atoms with Gasteiger partial charge in [-0.15, -0.1) is 0 Å². The van der Waals surface area contributed by atoms with Crippen LogP contribution in [0.4, 0.5) is 10.1 Å². The van der Waals surface area contributed by atoms with Crippen LogP contribution in [0.1, 0.15) is 22.8 Å². The Hall–Kier alpha value is -2.16. The number of rotatable bonds is 5. The van der Waals surface area contributed by atoms with E-state index in [9.17, 15) is 9.18 Å². The fourth-order valence-corrected chi connectivity index (χ4v) is 1.87. The molecule has 2 nitrogen and oxygen atoms in total. The summed E-state index contributed by atoms with van der Waals surface area (Å²) in [6.45, 7) is 2.10. The standard InChI is InChI=1S/C16H16FNO/c1-12(19)14-7-8-15(17)16(11-14)18-10-9-13-5-3-2-4-6-13/h2-8,11,18H,9-10H2,1H3. The summed E-state index contributed by atoms with van der Waals surface area (Å²) in [5, 5.41) is 3.03. The fourth-order valence-electron chi connectivity index (χ4n) is 1.87. The molecule has 0 amide bonds. The molecule has 0 unspecified atom stereocenters. The van der Waals surface area contributed by atoms with Gasteiger partial charge < -0.3 is 5.32 Å². The van der Waals surface area contributed by atoms with Crippen molar-refractivity contribution >= 4 is 11.5 Å². The van der Waals surface area contributed by atoms with Gasteiger partial charge in [0.05, 0.1) is 5.69 Å². The first kappa shape index (κ1) is 13.3. The highest BCUT2D eigenvalue weighted by Gasteiger charge is 2.05. The SMILES string of the molecule is CC(=O)c1ccc(F)c(NCCc2ccccc2)c1. The van der Waals surface area contributed by atoms with Crippen molar-refractivity contribution in [3.63, 3.8) is 0 Å². The quantitative estimate of drug-likeness (QED) is 0.828. The molecular weight excluding hydrogens is 241 g/mol. The van der Waals surface area contributed by atoms with E-state index in [2.05, 4.69) is 5.32 Å². The third-order valence-electron chi connectivity index (χ3n) is 2.94. The summed E-state index contributed by atoms with van der Waals surface area (Å²) in [5.74, 6) is -0.399. The summed E-state index contributed by atoms with van der Waals surface area (Å²) in [6, 6.07) is 14.4. The number of anilines is 1. The Kier molecular flexibility index (Phi) is 4.29. The second-order valence-corrected chi connectivity index (χ2v) is 4.41. The van der Waals surface area contributed by atoms with Crippen LogP contribution in [0, 0.1) is 5.82 Å². The van der Waals surface area contributed by atoms with Gasteiger partial charge in [0, 0.05) is 12.1 Å². The van der Waals surface area contributed by atoms with Crippen molar-refractivity contribution in [1.29, 1.82) is 0 Å². The zero-order valence-electron chi connectivity index (χ0n) is 10.8. The molecule has 0 saturated carbocycles. The molecule has 0 heterocycles. The molecule has 1 N–H and O–H groups in total. The molecule has 0 fully saturated rings. The Labute approximate surface area is 112 Å². The molecule has 0 radical (unpaired) electrons. The van der Waals surface area contributed by atoms with Crippen LogP contribution in [-0.4, -0.2) is 12.3 Å². The molecule has 0 atom stereocenters. The molecule has 0 aliphatic carbocycles. The minimum atomic E-state index is -0.335. The molecule has 19 heavy (non-hydrogen) atoms. The Morgan fingerprint density at radius 1 is 1.16 bits per heavy atom. The summed E-state index contributed by atoms with van der Waals surface area (Å²) in [6.07, 6.45) is 0.810. The predicted octanol–water partition coefficient (Wildman–Crippen LogP) is 3.68. The van der Waals surface area contributed by atoms with Crippen LogP contribution in [0.2, 0.25) is 0 Å². The minimum absolute atomic E-state index is 0.0638. The molecule has 2 aromatic rings. The van der Waals surface area contributed by atoms with E-state index >= 15 is 0 Å². The maximum absolute atomic E-state index is 13.6. The molecule has 3 heteroatoms. The Bertz CT molecular complexity index is 566. The average Bonchev–Trinajstić information content (AvgIpc) is 2.42. The molecule has 0 saturated heterocycles. The molecule has 2 aromatic carbocycles. The third kappa shape index (κ3) is 3.65. The normalized spacial score (nSPS) is 10.2. The van der Waals surface area contributed by atoms with Crippen molar-refractivity contribution in [2.75, 3.05) is 11.9 Å². The van der Waals surface area contributed by atoms with E-state index in [1.54, 1.807) is 6.07 Å². The van der Waals surface area contributed by atoms with Crippen molar-refractivity contribution in [1.82, 2.24) is 0 Å². The molecule has 0 bridgehead atoms. The third-order valence-corrected chi connectivity index (χ3v) is 2.94. The lowest BCUT2D eigenvalue weighted by Crippen LogP contribution is -2.07. The van der Waals surface area contributed by atoms with E-state index in [4.69, 9.17) is 0 Å². The van der Waals surface area contributed by atoms with E-state index < -0.39 is 0 Å². The molecular formula is C16H16FNO. The van der Waals surface area contributed by atoms with Gasteiger partial charge in [0.25, 0.3) is 0 Å². The monoisotopic (exact) mass is 257 g/mol. The first-order valence-corrected chi connectivity index (χ1v) is 6.25. The van der Waals surface area contributed by atoms with Crippen LogP contribution in [-0.2, 0) is 6.42 Å². The lowest BCUT2D eigenvalue weighted by Gasteiger charge is -2.09. The van der Waals surface area contributed by atoms with Crippen molar-refractivity contribution in [2.24, 2.45) is 0 Å². The number of Topliss-reactive ketones (excluding diaryl/α,β-unsaturated/α-hetero) is 1. The minimum Gasteiger partial charge on any atom is -0.382 e. The number of benzene rings is 2. The second kappa shape index (κ2) is 6.14. The highest BCUT2D eigenvalue weighted by molar-refractivity contribution is 5.94. The maximum atomic E-state index is 13.6. The number of ketones is 1. The van der Waals surface area contributed by atoms with E-state index in [1.165, 1.54) is 24.6 Å². The fraction of sp³-hybridized carbons (Fsp3) is 0.188. The summed E-state index contributed by atoms with van der Waals surface area (Å²) in [5.41, 5.74) is 2.09. The Morgan fingerprint density at radius 3 is 2.58 bits per heavy atom. The van der Waals surface area contributed by atoms with Gasteiger partial charge >= 0.3 is 0 Å². The van der Waals surface area contributed by atoms with Gasteiger partial charge in [0.15, 0.2) is 5.78 Å². The van der Waals surface area contributed by atoms with Crippen LogP contribution >= 0.6 is 0 Å². The number of carbonyl (C=O) groups is 1. The van der Waals surface area contributed by atoms with Gasteiger partial charge in [-0.1, -0.05) is 30.3 Å². The van der Waals surface area contributed by atoms with E-state index in [0.717, 1.165) is 6.42 Å². The first-order valence-electron chi connectivity index (χ1n) is 6.25. The maximum Gasteiger partial charge on any atom is 0.159 e. The van der Waals surface area contributed by atoms with Gasteiger partial charge in [-0.2, -0.15) is 0 Å². The smallest absolute Gasteiger partial charge is 0.159 e. The molecule has 2 rings (SSSR count). The van der Waals surface area contributed by atoms with Crippen molar-refractivity contribution in [3.8, 4) is 0 Å². The van der Waals surface area contributed by atoms with Crippen LogP contribution < -0.4 is 5.32 Å². The number of carbonyl (C=O) groups excluding carboxylic acids is 1. The summed E-state index contributed by atoms with van der Waals surface area (Å²) >= 11 is 0. The molecule has 0 spiro atoms. The number of nitrogens with one attached hydrogen (secondary N) is 1. The average molecular weight is 257 g/mol. The largest absolute Gasteiger partial charge is 0.382 e. The van der Waals surface area contributed by atoms with Gasteiger partial charge in [-0.05, 0) is 37.1 Å². The number of halogens is 1. The van der Waals surface area contributed by atoms with E-state index in [0.29, 0.717) is 17.8 Å². The van der Waals surface area contributed by atoms with Gasteiger partial charge in [-0.3, -0.25) is 4.79 Å². The lowest BCUT2D eigenvalue weighted by atomic mass is 10.1. The van der Waals surface area contributed by atoms with Gasteiger partial charge in [0.1, 0.15) is 5.82 Å². The van der Waals surface area contributed by atoms with Gasteiger partial charge in [0.2, 0.25) is 0 Å². The lowest BCUT2D eigenvalue weighted by molar-refractivity contribution is 0.101. The molecule has 0 aromatic heterocycles. The second-order valence-electron chi connectivity index (χ2n) is 4.41. The molecule has 98 valence electrons. The van der Waals surface area contributed by atoms with Crippen LogP contribution in [0.25, 0.3) is 0 Å². The van der Waals surface area contributed by atoms with Crippen molar-refractivity contribution in [2.45, 2.75) is 13.3 Å². The van der Waals surface area contributed by atoms with E-state index in [-0.39, 0.29) is 11.6 Å². The van der Waals surface area contributed by atoms with Crippen LogP contribution in [0.15, 0.2) is 48.5 Å². The highest BCUT2D eigenvalue weighted by atomic mass is 19.1. The zero-order valence-corrected chi connectivity index (χ0v) is 10.8. The van der Waals surface area contributed by atoms with Gasteiger partial charge in [-0.25, -0.2) is 4.39 Å². The zero-order chi connectivity index (χ0) is 13.7. The van der Waals surface area contributed by atoms with E-state index in [1.807, 2.05) is 30.3 Å². The molecule has 0 aliphatic heterocycles. The van der Waals surface area contributed by atoms with Crippen LogP contribution in [0.5, 0.6) is 0 Å².